The van der Waals surface area contributed by atoms with E-state index in [1.54, 1.807) is 11.3 Å². The Balaban J connectivity index is 2.13. The van der Waals surface area contributed by atoms with Crippen LogP contribution >= 0.6 is 38.9 Å². The third kappa shape index (κ3) is 2.86. The molecule has 1 aromatic heterocycles. The highest BCUT2D eigenvalue weighted by Crippen LogP contribution is 2.30. The summed E-state index contributed by atoms with van der Waals surface area (Å²) in [7, 11) is 0. The zero-order valence-corrected chi connectivity index (χ0v) is 11.5. The molecule has 4 heteroatoms. The summed E-state index contributed by atoms with van der Waals surface area (Å²) in [5.74, 6) is 0. The zero-order valence-electron chi connectivity index (χ0n) is 8.36. The number of aliphatic hydroxyl groups is 1. The van der Waals surface area contributed by atoms with E-state index in [2.05, 4.69) is 15.9 Å². The normalized spacial score (nSPS) is 12.7. The first kappa shape index (κ1) is 12.1. The fourth-order valence-electron chi connectivity index (χ4n) is 1.48. The van der Waals surface area contributed by atoms with E-state index in [4.69, 9.17) is 11.6 Å². The molecule has 16 heavy (non-hydrogen) atoms. The van der Waals surface area contributed by atoms with Gasteiger partial charge >= 0.3 is 0 Å². The molecule has 0 fully saturated rings. The third-order valence-electron chi connectivity index (χ3n) is 2.29. The molecule has 1 heterocycles. The van der Waals surface area contributed by atoms with Crippen molar-refractivity contribution in [2.75, 3.05) is 0 Å². The number of rotatable bonds is 3. The molecule has 0 saturated heterocycles. The Labute approximate surface area is 112 Å². The van der Waals surface area contributed by atoms with Crippen molar-refractivity contribution < 1.29 is 5.11 Å². The number of benzene rings is 1. The van der Waals surface area contributed by atoms with Gasteiger partial charge in [0.05, 0.1) is 9.89 Å². The van der Waals surface area contributed by atoms with Crippen LogP contribution in [0.2, 0.25) is 5.02 Å². The molecule has 0 aliphatic carbocycles. The van der Waals surface area contributed by atoms with Gasteiger partial charge in [-0.3, -0.25) is 0 Å². The summed E-state index contributed by atoms with van der Waals surface area (Å²) >= 11 is 11.0. The zero-order chi connectivity index (χ0) is 11.5. The molecular formula is C12H10BrClOS. The lowest BCUT2D eigenvalue weighted by Crippen LogP contribution is -1.99. The van der Waals surface area contributed by atoms with E-state index < -0.39 is 6.10 Å². The van der Waals surface area contributed by atoms with Crippen LogP contribution in [-0.4, -0.2) is 5.11 Å². The number of hydrogen-bond acceptors (Lipinski definition) is 2. The van der Waals surface area contributed by atoms with E-state index in [1.807, 2.05) is 36.4 Å². The van der Waals surface area contributed by atoms with Crippen LogP contribution in [0.4, 0.5) is 0 Å². The van der Waals surface area contributed by atoms with Gasteiger partial charge in [-0.15, -0.1) is 11.3 Å². The van der Waals surface area contributed by atoms with Crippen molar-refractivity contribution in [1.82, 2.24) is 0 Å². The fourth-order valence-corrected chi connectivity index (χ4v) is 3.10. The maximum absolute atomic E-state index is 10.0. The minimum atomic E-state index is -0.490. The Kier molecular flexibility index (Phi) is 4.03. The number of halogens is 2. The standard InChI is InChI=1S/C12H10BrClOS/c13-12-6-5-11(16-12)10(15)7-8-3-1-2-4-9(8)14/h1-6,10,15H,7H2. The summed E-state index contributed by atoms with van der Waals surface area (Å²) in [6, 6.07) is 11.5. The van der Waals surface area contributed by atoms with E-state index in [9.17, 15) is 5.11 Å². The van der Waals surface area contributed by atoms with Crippen molar-refractivity contribution in [2.45, 2.75) is 12.5 Å². The molecule has 2 rings (SSSR count). The summed E-state index contributed by atoms with van der Waals surface area (Å²) < 4.78 is 1.03. The molecular weight excluding hydrogens is 308 g/mol. The van der Waals surface area contributed by atoms with Crippen molar-refractivity contribution in [2.24, 2.45) is 0 Å². The number of thiophene rings is 1. The Morgan fingerprint density at radius 1 is 1.25 bits per heavy atom. The molecule has 2 aromatic rings. The van der Waals surface area contributed by atoms with Gasteiger partial charge in [-0.05, 0) is 39.7 Å². The molecule has 1 N–H and O–H groups in total. The van der Waals surface area contributed by atoms with Gasteiger partial charge in [0.15, 0.2) is 0 Å². The van der Waals surface area contributed by atoms with Gasteiger partial charge in [-0.1, -0.05) is 29.8 Å². The summed E-state index contributed by atoms with van der Waals surface area (Å²) in [6.45, 7) is 0. The van der Waals surface area contributed by atoms with Gasteiger partial charge in [-0.2, -0.15) is 0 Å². The molecule has 1 nitrogen and oxygen atoms in total. The first-order valence-corrected chi connectivity index (χ1v) is 6.82. The monoisotopic (exact) mass is 316 g/mol. The van der Waals surface area contributed by atoms with Crippen molar-refractivity contribution >= 4 is 38.9 Å². The average Bonchev–Trinajstić information content (AvgIpc) is 2.68. The van der Waals surface area contributed by atoms with Crippen LogP contribution in [-0.2, 0) is 6.42 Å². The van der Waals surface area contributed by atoms with Gasteiger partial charge in [0.2, 0.25) is 0 Å². The molecule has 1 unspecified atom stereocenters. The number of aliphatic hydroxyl groups excluding tert-OH is 1. The van der Waals surface area contributed by atoms with Crippen LogP contribution in [0.15, 0.2) is 40.2 Å². The van der Waals surface area contributed by atoms with E-state index in [0.29, 0.717) is 11.4 Å². The van der Waals surface area contributed by atoms with Gasteiger partial charge in [-0.25, -0.2) is 0 Å². The highest BCUT2D eigenvalue weighted by molar-refractivity contribution is 9.11. The van der Waals surface area contributed by atoms with E-state index >= 15 is 0 Å². The van der Waals surface area contributed by atoms with Crippen LogP contribution in [0, 0.1) is 0 Å². The Hall–Kier alpha value is -0.350. The van der Waals surface area contributed by atoms with Gasteiger partial charge in [0, 0.05) is 16.3 Å². The topological polar surface area (TPSA) is 20.2 Å². The minimum absolute atomic E-state index is 0.490. The highest BCUT2D eigenvalue weighted by Gasteiger charge is 2.12. The van der Waals surface area contributed by atoms with Crippen LogP contribution in [0.25, 0.3) is 0 Å². The molecule has 0 saturated carbocycles. The van der Waals surface area contributed by atoms with Crippen molar-refractivity contribution in [1.29, 1.82) is 0 Å². The summed E-state index contributed by atoms with van der Waals surface area (Å²) in [4.78, 5) is 0.951. The second-order valence-electron chi connectivity index (χ2n) is 3.45. The third-order valence-corrected chi connectivity index (χ3v) is 4.39. The Morgan fingerprint density at radius 2 is 2.00 bits per heavy atom. The maximum Gasteiger partial charge on any atom is 0.0923 e. The quantitative estimate of drug-likeness (QED) is 0.887. The Morgan fingerprint density at radius 3 is 2.62 bits per heavy atom. The predicted octanol–water partition coefficient (Wildman–Crippen LogP) is 4.44. The van der Waals surface area contributed by atoms with E-state index in [1.165, 1.54) is 0 Å². The maximum atomic E-state index is 10.0. The second-order valence-corrected chi connectivity index (χ2v) is 6.36. The number of hydrogen-bond donors (Lipinski definition) is 1. The van der Waals surface area contributed by atoms with Crippen LogP contribution < -0.4 is 0 Å². The first-order valence-electron chi connectivity index (χ1n) is 4.83. The summed E-state index contributed by atoms with van der Waals surface area (Å²) in [5.41, 5.74) is 0.973. The molecule has 0 bridgehead atoms. The SMILES string of the molecule is OC(Cc1ccccc1Cl)c1ccc(Br)s1. The van der Waals surface area contributed by atoms with Crippen molar-refractivity contribution in [3.63, 3.8) is 0 Å². The Bertz CT molecular complexity index is 483. The van der Waals surface area contributed by atoms with Crippen LogP contribution in [0.1, 0.15) is 16.5 Å². The van der Waals surface area contributed by atoms with Crippen LogP contribution in [0.5, 0.6) is 0 Å². The molecule has 0 aliphatic rings. The molecule has 0 aliphatic heterocycles. The minimum Gasteiger partial charge on any atom is -0.387 e. The van der Waals surface area contributed by atoms with Crippen molar-refractivity contribution in [3.05, 3.63) is 55.6 Å². The highest BCUT2D eigenvalue weighted by atomic mass is 79.9. The molecule has 1 atom stereocenters. The summed E-state index contributed by atoms with van der Waals surface area (Å²) in [6.07, 6.45) is 0.0586. The fraction of sp³-hybridized carbons (Fsp3) is 0.167. The summed E-state index contributed by atoms with van der Waals surface area (Å²) in [5, 5.41) is 10.7. The molecule has 84 valence electrons. The van der Waals surface area contributed by atoms with E-state index in [-0.39, 0.29) is 0 Å². The molecule has 0 radical (unpaired) electrons. The largest absolute Gasteiger partial charge is 0.387 e. The lowest BCUT2D eigenvalue weighted by molar-refractivity contribution is 0.182. The predicted molar refractivity (Wildman–Crippen MR) is 72.1 cm³/mol. The van der Waals surface area contributed by atoms with Crippen molar-refractivity contribution in [3.8, 4) is 0 Å². The van der Waals surface area contributed by atoms with Gasteiger partial charge in [0.25, 0.3) is 0 Å². The molecule has 0 spiro atoms. The van der Waals surface area contributed by atoms with Crippen LogP contribution in [0.3, 0.4) is 0 Å². The van der Waals surface area contributed by atoms with E-state index in [0.717, 1.165) is 14.2 Å². The average molecular weight is 318 g/mol. The first-order chi connectivity index (χ1) is 7.66. The van der Waals surface area contributed by atoms with Gasteiger partial charge in [0.1, 0.15) is 0 Å². The molecule has 0 amide bonds. The smallest absolute Gasteiger partial charge is 0.0923 e. The lowest BCUT2D eigenvalue weighted by atomic mass is 10.1. The molecule has 1 aromatic carbocycles. The second kappa shape index (κ2) is 5.32. The lowest BCUT2D eigenvalue weighted by Gasteiger charge is -2.09. The van der Waals surface area contributed by atoms with Gasteiger partial charge < -0.3 is 5.11 Å².